The summed E-state index contributed by atoms with van der Waals surface area (Å²) in [6.07, 6.45) is 1.18. The fourth-order valence-corrected chi connectivity index (χ4v) is 3.34. The second-order valence-electron chi connectivity index (χ2n) is 7.26. The van der Waals surface area contributed by atoms with Crippen molar-refractivity contribution < 1.29 is 18.7 Å². The van der Waals surface area contributed by atoms with Crippen LogP contribution in [0.2, 0.25) is 10.0 Å². The zero-order chi connectivity index (χ0) is 24.8. The van der Waals surface area contributed by atoms with Gasteiger partial charge >= 0.3 is 5.97 Å². The molecule has 0 aliphatic heterocycles. The Balaban J connectivity index is 1.96. The van der Waals surface area contributed by atoms with E-state index in [0.29, 0.717) is 16.4 Å². The highest BCUT2D eigenvalue weighted by molar-refractivity contribution is 6.36. The van der Waals surface area contributed by atoms with E-state index in [1.54, 1.807) is 43.3 Å². The maximum atomic E-state index is 12.7. The summed E-state index contributed by atoms with van der Waals surface area (Å²) in [7, 11) is 0. The highest BCUT2D eigenvalue weighted by atomic mass is 35.5. The van der Waals surface area contributed by atoms with Gasteiger partial charge in [-0.15, -0.1) is 0 Å². The molecule has 0 saturated carbocycles. The standard InChI is InChI=1S/C25H21Cl2N3O4/c1-4-33-25(32)21-22(27)20(34-24(21)30-18-9-6-17(26)7-10-18)12-16(13-28)23(31)29-19-8-5-14(2)15(3)11-19/h5-12,30H,4H2,1-3H3,(H,29,31)/b16-12+. The highest BCUT2D eigenvalue weighted by Gasteiger charge is 2.26. The summed E-state index contributed by atoms with van der Waals surface area (Å²) in [5.41, 5.74) is 2.86. The Morgan fingerprint density at radius 2 is 1.76 bits per heavy atom. The van der Waals surface area contributed by atoms with Gasteiger partial charge in [-0.1, -0.05) is 29.3 Å². The molecule has 34 heavy (non-hydrogen) atoms. The number of nitriles is 1. The number of carbonyl (C=O) groups excluding carboxylic acids is 2. The van der Waals surface area contributed by atoms with E-state index in [1.165, 1.54) is 6.08 Å². The first-order valence-electron chi connectivity index (χ1n) is 10.3. The molecular weight excluding hydrogens is 477 g/mol. The van der Waals surface area contributed by atoms with Crippen molar-refractivity contribution in [2.24, 2.45) is 0 Å². The fraction of sp³-hybridized carbons (Fsp3) is 0.160. The minimum absolute atomic E-state index is 0.00359. The van der Waals surface area contributed by atoms with Crippen LogP contribution < -0.4 is 10.6 Å². The van der Waals surface area contributed by atoms with E-state index in [4.69, 9.17) is 32.4 Å². The first-order chi connectivity index (χ1) is 16.2. The lowest BCUT2D eigenvalue weighted by Crippen LogP contribution is -2.13. The number of esters is 1. The van der Waals surface area contributed by atoms with Gasteiger partial charge in [0.25, 0.3) is 5.91 Å². The van der Waals surface area contributed by atoms with Crippen LogP contribution >= 0.6 is 23.2 Å². The van der Waals surface area contributed by atoms with Crippen LogP contribution in [0.5, 0.6) is 0 Å². The van der Waals surface area contributed by atoms with Crippen LogP contribution in [0, 0.1) is 25.2 Å². The van der Waals surface area contributed by atoms with E-state index in [-0.39, 0.29) is 34.4 Å². The van der Waals surface area contributed by atoms with Crippen LogP contribution in [-0.2, 0) is 9.53 Å². The molecule has 3 rings (SSSR count). The maximum Gasteiger partial charge on any atom is 0.345 e. The summed E-state index contributed by atoms with van der Waals surface area (Å²) in [5, 5.41) is 15.6. The van der Waals surface area contributed by atoms with Gasteiger partial charge in [-0.3, -0.25) is 4.79 Å². The number of rotatable bonds is 7. The fourth-order valence-electron chi connectivity index (χ4n) is 2.96. The number of furan rings is 1. The topological polar surface area (TPSA) is 104 Å². The van der Waals surface area contributed by atoms with E-state index in [0.717, 1.165) is 11.1 Å². The second kappa shape index (κ2) is 10.9. The van der Waals surface area contributed by atoms with E-state index >= 15 is 0 Å². The maximum absolute atomic E-state index is 12.7. The van der Waals surface area contributed by atoms with Gasteiger partial charge in [-0.2, -0.15) is 5.26 Å². The summed E-state index contributed by atoms with van der Waals surface area (Å²) in [4.78, 5) is 25.2. The van der Waals surface area contributed by atoms with Gasteiger partial charge in [-0.25, -0.2) is 4.79 Å². The first kappa shape index (κ1) is 24.9. The Morgan fingerprint density at radius 3 is 2.38 bits per heavy atom. The monoisotopic (exact) mass is 497 g/mol. The number of hydrogen-bond acceptors (Lipinski definition) is 6. The van der Waals surface area contributed by atoms with E-state index in [1.807, 2.05) is 26.0 Å². The molecule has 0 unspecified atom stereocenters. The van der Waals surface area contributed by atoms with E-state index < -0.39 is 11.9 Å². The van der Waals surface area contributed by atoms with E-state index in [2.05, 4.69) is 10.6 Å². The Kier molecular flexibility index (Phi) is 8.00. The smallest absolute Gasteiger partial charge is 0.345 e. The van der Waals surface area contributed by atoms with Crippen molar-refractivity contribution in [1.29, 1.82) is 5.26 Å². The number of benzene rings is 2. The van der Waals surface area contributed by atoms with Crippen LogP contribution in [-0.4, -0.2) is 18.5 Å². The van der Waals surface area contributed by atoms with Gasteiger partial charge in [0.15, 0.2) is 5.76 Å². The van der Waals surface area contributed by atoms with Gasteiger partial charge in [0.1, 0.15) is 22.2 Å². The molecule has 1 amide bonds. The Bertz CT molecular complexity index is 1300. The number of ether oxygens (including phenoxy) is 1. The number of amides is 1. The van der Waals surface area contributed by atoms with Gasteiger partial charge in [-0.05, 0) is 68.3 Å². The van der Waals surface area contributed by atoms with Gasteiger partial charge in [0.2, 0.25) is 5.88 Å². The number of carbonyl (C=O) groups is 2. The number of halogens is 2. The SMILES string of the molecule is CCOC(=O)c1c(Nc2ccc(Cl)cc2)oc(/C=C(\C#N)C(=O)Nc2ccc(C)c(C)c2)c1Cl. The quantitative estimate of drug-likeness (QED) is 0.214. The molecule has 7 nitrogen and oxygen atoms in total. The Morgan fingerprint density at radius 1 is 1.09 bits per heavy atom. The minimum Gasteiger partial charge on any atom is -0.462 e. The largest absolute Gasteiger partial charge is 0.462 e. The zero-order valence-corrected chi connectivity index (χ0v) is 20.2. The molecule has 0 saturated heterocycles. The third kappa shape index (κ3) is 5.79. The molecule has 1 aromatic heterocycles. The van der Waals surface area contributed by atoms with Crippen LogP contribution in [0.15, 0.2) is 52.5 Å². The normalized spacial score (nSPS) is 11.0. The molecule has 0 spiro atoms. The van der Waals surface area contributed by atoms with Crippen molar-refractivity contribution in [2.75, 3.05) is 17.2 Å². The molecule has 0 aliphatic carbocycles. The molecular formula is C25H21Cl2N3O4. The number of nitrogens with zero attached hydrogens (tertiary/aromatic N) is 1. The summed E-state index contributed by atoms with van der Waals surface area (Å²) in [6.45, 7) is 5.65. The molecule has 1 heterocycles. The summed E-state index contributed by atoms with van der Waals surface area (Å²) in [5.74, 6) is -1.41. The molecule has 0 fully saturated rings. The molecule has 0 aliphatic rings. The van der Waals surface area contributed by atoms with Crippen LogP contribution in [0.25, 0.3) is 6.08 Å². The number of hydrogen-bond donors (Lipinski definition) is 2. The third-order valence-corrected chi connectivity index (χ3v) is 5.49. The number of aryl methyl sites for hydroxylation is 2. The summed E-state index contributed by atoms with van der Waals surface area (Å²) >= 11 is 12.3. The molecule has 174 valence electrons. The van der Waals surface area contributed by atoms with Gasteiger partial charge < -0.3 is 19.8 Å². The van der Waals surface area contributed by atoms with Crippen molar-refractivity contribution in [2.45, 2.75) is 20.8 Å². The third-order valence-electron chi connectivity index (χ3n) is 4.86. The van der Waals surface area contributed by atoms with Crippen molar-refractivity contribution in [3.63, 3.8) is 0 Å². The van der Waals surface area contributed by atoms with Crippen LogP contribution in [0.4, 0.5) is 17.3 Å². The summed E-state index contributed by atoms with van der Waals surface area (Å²) in [6, 6.07) is 13.9. The molecule has 0 radical (unpaired) electrons. The second-order valence-corrected chi connectivity index (χ2v) is 8.07. The molecule has 3 aromatic rings. The molecule has 0 atom stereocenters. The van der Waals surface area contributed by atoms with Crippen LogP contribution in [0.3, 0.4) is 0 Å². The Labute approximate surface area is 206 Å². The predicted molar refractivity (Wildman–Crippen MR) is 133 cm³/mol. The lowest BCUT2D eigenvalue weighted by molar-refractivity contribution is -0.112. The minimum atomic E-state index is -0.717. The van der Waals surface area contributed by atoms with Crippen LogP contribution in [0.1, 0.15) is 34.2 Å². The summed E-state index contributed by atoms with van der Waals surface area (Å²) < 4.78 is 10.8. The molecule has 9 heteroatoms. The lowest BCUT2D eigenvalue weighted by Gasteiger charge is -2.07. The number of anilines is 3. The molecule has 2 aromatic carbocycles. The predicted octanol–water partition coefficient (Wildman–Crippen LogP) is 6.67. The van der Waals surface area contributed by atoms with Crippen molar-refractivity contribution in [3.05, 3.63) is 80.5 Å². The van der Waals surface area contributed by atoms with E-state index in [9.17, 15) is 14.9 Å². The highest BCUT2D eigenvalue weighted by Crippen LogP contribution is 2.36. The Hall–Kier alpha value is -3.73. The van der Waals surface area contributed by atoms with Crippen molar-refractivity contribution in [3.8, 4) is 6.07 Å². The molecule has 0 bridgehead atoms. The zero-order valence-electron chi connectivity index (χ0n) is 18.7. The average molecular weight is 498 g/mol. The van der Waals surface area contributed by atoms with Crippen molar-refractivity contribution in [1.82, 2.24) is 0 Å². The number of nitrogens with one attached hydrogen (secondary N) is 2. The first-order valence-corrected chi connectivity index (χ1v) is 11.0. The van der Waals surface area contributed by atoms with Gasteiger partial charge in [0.05, 0.1) is 6.61 Å². The van der Waals surface area contributed by atoms with Gasteiger partial charge in [0, 0.05) is 22.5 Å². The van der Waals surface area contributed by atoms with Crippen molar-refractivity contribution >= 4 is 58.4 Å². The molecule has 2 N–H and O–H groups in total. The average Bonchev–Trinajstić information content (AvgIpc) is 3.10. The lowest BCUT2D eigenvalue weighted by atomic mass is 10.1.